The molecule has 1 aromatic carbocycles. The van der Waals surface area contributed by atoms with Gasteiger partial charge in [0.1, 0.15) is 17.3 Å². The minimum absolute atomic E-state index is 0.259. The fourth-order valence-electron chi connectivity index (χ4n) is 1.15. The summed E-state index contributed by atoms with van der Waals surface area (Å²) in [5.74, 6) is 0.453. The Morgan fingerprint density at radius 3 is 2.43 bits per heavy atom. The molecule has 0 aliphatic carbocycles. The minimum atomic E-state index is -0.259. The molecule has 72 valence electrons. The molecule has 0 atom stereocenters. The molecule has 0 spiro atoms. The lowest BCUT2D eigenvalue weighted by Crippen LogP contribution is -1.79. The third-order valence-corrected chi connectivity index (χ3v) is 2.84. The fourth-order valence-corrected chi connectivity index (χ4v) is 1.52. The Morgan fingerprint density at radius 2 is 1.93 bits per heavy atom. The number of hydrogen-bond acceptors (Lipinski definition) is 2. The van der Waals surface area contributed by atoms with E-state index in [0.717, 1.165) is 10.0 Å². The number of aryl methyl sites for hydroxylation is 1. The van der Waals surface area contributed by atoms with Gasteiger partial charge in [0.25, 0.3) is 0 Å². The van der Waals surface area contributed by atoms with E-state index in [2.05, 4.69) is 21.1 Å². The molecule has 0 unspecified atom stereocenters. The summed E-state index contributed by atoms with van der Waals surface area (Å²) in [6.45, 7) is 1.81. The maximum Gasteiger partial charge on any atom is 0.148 e. The van der Waals surface area contributed by atoms with Crippen LogP contribution in [0.2, 0.25) is 0 Å². The second-order valence-electron chi connectivity index (χ2n) is 2.91. The van der Waals surface area contributed by atoms with Gasteiger partial charge < -0.3 is 4.52 Å². The second-order valence-corrected chi connectivity index (χ2v) is 3.70. The van der Waals surface area contributed by atoms with Crippen molar-refractivity contribution in [2.75, 3.05) is 0 Å². The van der Waals surface area contributed by atoms with Crippen molar-refractivity contribution >= 4 is 15.9 Å². The highest BCUT2D eigenvalue weighted by molar-refractivity contribution is 9.10. The first kappa shape index (κ1) is 9.40. The van der Waals surface area contributed by atoms with Crippen molar-refractivity contribution in [2.45, 2.75) is 6.92 Å². The normalized spacial score (nSPS) is 10.5. The van der Waals surface area contributed by atoms with Crippen LogP contribution in [0.15, 0.2) is 33.3 Å². The minimum Gasteiger partial charge on any atom is -0.360 e. The van der Waals surface area contributed by atoms with Gasteiger partial charge in [-0.3, -0.25) is 0 Å². The van der Waals surface area contributed by atoms with E-state index in [4.69, 9.17) is 4.52 Å². The molecule has 0 N–H and O–H groups in total. The van der Waals surface area contributed by atoms with Crippen molar-refractivity contribution < 1.29 is 8.91 Å². The number of rotatable bonds is 1. The van der Waals surface area contributed by atoms with E-state index >= 15 is 0 Å². The zero-order chi connectivity index (χ0) is 10.1. The van der Waals surface area contributed by atoms with Crippen LogP contribution < -0.4 is 0 Å². The Balaban J connectivity index is 2.49. The quantitative estimate of drug-likeness (QED) is 0.779. The van der Waals surface area contributed by atoms with Crippen LogP contribution in [0.5, 0.6) is 0 Å². The topological polar surface area (TPSA) is 26.0 Å². The maximum absolute atomic E-state index is 12.7. The van der Waals surface area contributed by atoms with Crippen molar-refractivity contribution in [3.63, 3.8) is 0 Å². The predicted octanol–water partition coefficient (Wildman–Crippen LogP) is 3.55. The van der Waals surface area contributed by atoms with Crippen LogP contribution in [-0.4, -0.2) is 5.16 Å². The zero-order valence-electron chi connectivity index (χ0n) is 7.42. The summed E-state index contributed by atoms with van der Waals surface area (Å²) in [6, 6.07) is 6.12. The largest absolute Gasteiger partial charge is 0.360 e. The van der Waals surface area contributed by atoms with Crippen LogP contribution in [0.3, 0.4) is 0 Å². The van der Waals surface area contributed by atoms with Crippen LogP contribution >= 0.6 is 15.9 Å². The Hall–Kier alpha value is -1.16. The fraction of sp³-hybridized carbons (Fsp3) is 0.100. The first-order valence-electron chi connectivity index (χ1n) is 4.06. The SMILES string of the molecule is Cc1onc(-c2ccc(F)cc2)c1Br. The number of hydrogen-bond donors (Lipinski definition) is 0. The molecular formula is C10H7BrFNO. The third kappa shape index (κ3) is 1.57. The first-order valence-corrected chi connectivity index (χ1v) is 4.85. The molecule has 14 heavy (non-hydrogen) atoms. The molecule has 0 aliphatic rings. The molecule has 0 bridgehead atoms. The summed E-state index contributed by atoms with van der Waals surface area (Å²) in [7, 11) is 0. The highest BCUT2D eigenvalue weighted by Crippen LogP contribution is 2.29. The molecule has 0 aliphatic heterocycles. The van der Waals surface area contributed by atoms with Gasteiger partial charge in [0.05, 0.1) is 4.47 Å². The summed E-state index contributed by atoms with van der Waals surface area (Å²) in [5.41, 5.74) is 1.53. The van der Waals surface area contributed by atoms with Gasteiger partial charge in [0, 0.05) is 5.56 Å². The molecule has 2 nitrogen and oxygen atoms in total. The van der Waals surface area contributed by atoms with Crippen LogP contribution in [-0.2, 0) is 0 Å². The zero-order valence-corrected chi connectivity index (χ0v) is 9.01. The monoisotopic (exact) mass is 255 g/mol. The summed E-state index contributed by atoms with van der Waals surface area (Å²) < 4.78 is 18.5. The summed E-state index contributed by atoms with van der Waals surface area (Å²) >= 11 is 3.36. The lowest BCUT2D eigenvalue weighted by molar-refractivity contribution is 0.399. The number of aromatic nitrogens is 1. The van der Waals surface area contributed by atoms with Crippen molar-refractivity contribution in [2.24, 2.45) is 0 Å². The van der Waals surface area contributed by atoms with Gasteiger partial charge in [-0.2, -0.15) is 0 Å². The average Bonchev–Trinajstić information content (AvgIpc) is 2.50. The van der Waals surface area contributed by atoms with Crippen molar-refractivity contribution in [3.05, 3.63) is 40.3 Å². The molecule has 0 fully saturated rings. The van der Waals surface area contributed by atoms with Crippen LogP contribution in [0.25, 0.3) is 11.3 Å². The number of halogens is 2. The lowest BCUT2D eigenvalue weighted by atomic mass is 10.1. The van der Waals surface area contributed by atoms with Gasteiger partial charge >= 0.3 is 0 Å². The lowest BCUT2D eigenvalue weighted by Gasteiger charge is -1.95. The molecule has 2 aromatic rings. The molecule has 0 saturated heterocycles. The molecule has 0 radical (unpaired) electrons. The van der Waals surface area contributed by atoms with Gasteiger partial charge in [-0.15, -0.1) is 0 Å². The van der Waals surface area contributed by atoms with Crippen molar-refractivity contribution in [3.8, 4) is 11.3 Å². The molecule has 1 heterocycles. The molecule has 0 amide bonds. The van der Waals surface area contributed by atoms with Crippen molar-refractivity contribution in [1.29, 1.82) is 0 Å². The summed E-state index contributed by atoms with van der Waals surface area (Å²) in [5, 5.41) is 3.87. The molecule has 0 saturated carbocycles. The highest BCUT2D eigenvalue weighted by Gasteiger charge is 2.11. The van der Waals surface area contributed by atoms with Gasteiger partial charge in [0.2, 0.25) is 0 Å². The van der Waals surface area contributed by atoms with Gasteiger partial charge in [-0.25, -0.2) is 4.39 Å². The predicted molar refractivity (Wildman–Crippen MR) is 54.3 cm³/mol. The standard InChI is InChI=1S/C10H7BrFNO/c1-6-9(11)10(13-14-6)7-2-4-8(12)5-3-7/h2-5H,1H3. The van der Waals surface area contributed by atoms with E-state index in [0.29, 0.717) is 11.5 Å². The maximum atomic E-state index is 12.7. The van der Waals surface area contributed by atoms with Crippen LogP contribution in [0.1, 0.15) is 5.76 Å². The van der Waals surface area contributed by atoms with E-state index in [-0.39, 0.29) is 5.82 Å². The summed E-state index contributed by atoms with van der Waals surface area (Å²) in [4.78, 5) is 0. The van der Waals surface area contributed by atoms with E-state index in [9.17, 15) is 4.39 Å². The first-order chi connectivity index (χ1) is 6.68. The van der Waals surface area contributed by atoms with E-state index < -0.39 is 0 Å². The number of nitrogens with zero attached hydrogens (tertiary/aromatic N) is 1. The Morgan fingerprint density at radius 1 is 1.29 bits per heavy atom. The molecule has 4 heteroatoms. The number of benzene rings is 1. The Bertz CT molecular complexity index is 450. The summed E-state index contributed by atoms with van der Waals surface area (Å²) in [6.07, 6.45) is 0. The highest BCUT2D eigenvalue weighted by atomic mass is 79.9. The van der Waals surface area contributed by atoms with E-state index in [1.165, 1.54) is 12.1 Å². The van der Waals surface area contributed by atoms with Crippen LogP contribution in [0, 0.1) is 12.7 Å². The molecule has 1 aromatic heterocycles. The van der Waals surface area contributed by atoms with E-state index in [1.807, 2.05) is 6.92 Å². The molecule has 2 rings (SSSR count). The van der Waals surface area contributed by atoms with Gasteiger partial charge in [-0.1, -0.05) is 5.16 Å². The third-order valence-electron chi connectivity index (χ3n) is 1.91. The van der Waals surface area contributed by atoms with Gasteiger partial charge in [0.15, 0.2) is 0 Å². The van der Waals surface area contributed by atoms with E-state index in [1.54, 1.807) is 12.1 Å². The van der Waals surface area contributed by atoms with Crippen molar-refractivity contribution in [1.82, 2.24) is 5.16 Å². The van der Waals surface area contributed by atoms with Gasteiger partial charge in [-0.05, 0) is 47.1 Å². The Kier molecular flexibility index (Phi) is 2.37. The Labute approximate surface area is 88.9 Å². The molecular weight excluding hydrogens is 249 g/mol. The van der Waals surface area contributed by atoms with Crippen LogP contribution in [0.4, 0.5) is 4.39 Å². The average molecular weight is 256 g/mol. The smallest absolute Gasteiger partial charge is 0.148 e. The second kappa shape index (κ2) is 3.53.